The maximum Gasteiger partial charge on any atom is 0.341 e. The van der Waals surface area contributed by atoms with Crippen LogP contribution in [0.1, 0.15) is 17.3 Å². The fourth-order valence-corrected chi connectivity index (χ4v) is 2.62. The van der Waals surface area contributed by atoms with Crippen molar-refractivity contribution in [3.05, 3.63) is 59.4 Å². The van der Waals surface area contributed by atoms with E-state index in [-0.39, 0.29) is 5.56 Å². The molecule has 1 N–H and O–H groups in total. The molecule has 0 spiro atoms. The Morgan fingerprint density at radius 2 is 1.93 bits per heavy atom. The first-order chi connectivity index (χ1) is 13.0. The van der Waals surface area contributed by atoms with Gasteiger partial charge in [0.15, 0.2) is 6.10 Å². The number of anilines is 1. The highest BCUT2D eigenvalue weighted by molar-refractivity contribution is 6.31. The summed E-state index contributed by atoms with van der Waals surface area (Å²) in [5, 5.41) is 3.08. The Morgan fingerprint density at radius 3 is 2.70 bits per heavy atom. The van der Waals surface area contributed by atoms with Crippen molar-refractivity contribution in [2.24, 2.45) is 0 Å². The molecule has 2 aromatic carbocycles. The molecule has 7 nitrogen and oxygen atoms in total. The summed E-state index contributed by atoms with van der Waals surface area (Å²) in [6.07, 6.45) is 1.97. The predicted octanol–water partition coefficient (Wildman–Crippen LogP) is 3.48. The van der Waals surface area contributed by atoms with E-state index in [2.05, 4.69) is 15.3 Å². The number of rotatable bonds is 5. The average molecular weight is 386 g/mol. The zero-order valence-corrected chi connectivity index (χ0v) is 15.4. The minimum absolute atomic E-state index is 0.237. The van der Waals surface area contributed by atoms with E-state index >= 15 is 0 Å². The number of benzene rings is 2. The molecule has 0 saturated heterocycles. The van der Waals surface area contributed by atoms with Crippen molar-refractivity contribution in [1.82, 2.24) is 9.97 Å². The molecule has 1 heterocycles. The lowest BCUT2D eigenvalue weighted by atomic mass is 10.2. The SMILES string of the molecule is COc1ccc(Cl)cc1NC(=O)C(C)OC(=O)c1cccc2nccnc12. The smallest absolute Gasteiger partial charge is 0.341 e. The highest BCUT2D eigenvalue weighted by Gasteiger charge is 2.22. The van der Waals surface area contributed by atoms with Gasteiger partial charge in [-0.3, -0.25) is 14.8 Å². The van der Waals surface area contributed by atoms with Gasteiger partial charge in [0.1, 0.15) is 11.3 Å². The Hall–Kier alpha value is -3.19. The second-order valence-corrected chi connectivity index (χ2v) is 6.05. The summed E-state index contributed by atoms with van der Waals surface area (Å²) in [5.74, 6) is -0.743. The van der Waals surface area contributed by atoms with Gasteiger partial charge >= 0.3 is 5.97 Å². The first kappa shape index (κ1) is 18.6. The zero-order valence-electron chi connectivity index (χ0n) is 14.6. The Labute approximate surface area is 160 Å². The molecule has 3 aromatic rings. The number of fused-ring (bicyclic) bond motifs is 1. The van der Waals surface area contributed by atoms with Crippen LogP contribution in [0.15, 0.2) is 48.8 Å². The largest absolute Gasteiger partial charge is 0.495 e. The maximum atomic E-state index is 12.5. The van der Waals surface area contributed by atoms with Crippen molar-refractivity contribution in [3.63, 3.8) is 0 Å². The third-order valence-electron chi connectivity index (χ3n) is 3.79. The Balaban J connectivity index is 1.74. The van der Waals surface area contributed by atoms with Crippen molar-refractivity contribution >= 4 is 40.2 Å². The van der Waals surface area contributed by atoms with Crippen molar-refractivity contribution in [3.8, 4) is 5.75 Å². The van der Waals surface area contributed by atoms with Crippen molar-refractivity contribution < 1.29 is 19.1 Å². The van der Waals surface area contributed by atoms with Gasteiger partial charge in [0.2, 0.25) is 0 Å². The normalized spacial score (nSPS) is 11.7. The van der Waals surface area contributed by atoms with Gasteiger partial charge in [-0.25, -0.2) is 4.79 Å². The highest BCUT2D eigenvalue weighted by atomic mass is 35.5. The molecule has 0 bridgehead atoms. The Bertz CT molecular complexity index is 1000. The summed E-state index contributed by atoms with van der Waals surface area (Å²) in [7, 11) is 1.48. The van der Waals surface area contributed by atoms with E-state index < -0.39 is 18.0 Å². The molecule has 27 heavy (non-hydrogen) atoms. The van der Waals surface area contributed by atoms with E-state index in [0.717, 1.165) is 0 Å². The summed E-state index contributed by atoms with van der Waals surface area (Å²) in [5.41, 5.74) is 1.59. The fraction of sp³-hybridized carbons (Fsp3) is 0.158. The number of nitrogens with zero attached hydrogens (tertiary/aromatic N) is 2. The number of amides is 1. The monoisotopic (exact) mass is 385 g/mol. The van der Waals surface area contributed by atoms with Gasteiger partial charge in [-0.05, 0) is 37.3 Å². The molecule has 0 fully saturated rings. The first-order valence-corrected chi connectivity index (χ1v) is 8.42. The second kappa shape index (κ2) is 8.01. The number of halogens is 1. The molecule has 1 amide bonds. The third-order valence-corrected chi connectivity index (χ3v) is 4.03. The van der Waals surface area contributed by atoms with Crippen LogP contribution in [0.25, 0.3) is 11.0 Å². The molecule has 3 rings (SSSR count). The minimum Gasteiger partial charge on any atom is -0.495 e. The van der Waals surface area contributed by atoms with Gasteiger partial charge in [-0.15, -0.1) is 0 Å². The number of esters is 1. The van der Waals surface area contributed by atoms with Crippen LogP contribution in [0.2, 0.25) is 5.02 Å². The van der Waals surface area contributed by atoms with Crippen LogP contribution in [0.4, 0.5) is 5.69 Å². The first-order valence-electron chi connectivity index (χ1n) is 8.04. The van der Waals surface area contributed by atoms with E-state index in [0.29, 0.717) is 27.5 Å². The molecule has 0 aliphatic heterocycles. The quantitative estimate of drug-likeness (QED) is 0.676. The molecule has 0 radical (unpaired) electrons. The zero-order chi connectivity index (χ0) is 19.4. The van der Waals surface area contributed by atoms with Crippen LogP contribution >= 0.6 is 11.6 Å². The van der Waals surface area contributed by atoms with Gasteiger partial charge in [0, 0.05) is 17.4 Å². The maximum absolute atomic E-state index is 12.5. The number of hydrogen-bond acceptors (Lipinski definition) is 6. The molecule has 8 heteroatoms. The number of carbonyl (C=O) groups is 2. The molecular formula is C19H16ClN3O4. The fourth-order valence-electron chi connectivity index (χ4n) is 2.45. The molecule has 0 saturated carbocycles. The van der Waals surface area contributed by atoms with Crippen LogP contribution in [0.5, 0.6) is 5.75 Å². The number of methoxy groups -OCH3 is 1. The molecular weight excluding hydrogens is 370 g/mol. The van der Waals surface area contributed by atoms with Crippen molar-refractivity contribution in [1.29, 1.82) is 0 Å². The van der Waals surface area contributed by atoms with Crippen molar-refractivity contribution in [2.45, 2.75) is 13.0 Å². The molecule has 0 aliphatic carbocycles. The Morgan fingerprint density at radius 1 is 1.15 bits per heavy atom. The van der Waals surface area contributed by atoms with E-state index in [1.165, 1.54) is 26.4 Å². The lowest BCUT2D eigenvalue weighted by Crippen LogP contribution is -2.30. The minimum atomic E-state index is -1.05. The number of carbonyl (C=O) groups excluding carboxylic acids is 2. The molecule has 1 unspecified atom stereocenters. The molecule has 1 atom stereocenters. The third kappa shape index (κ3) is 4.15. The summed E-state index contributed by atoms with van der Waals surface area (Å²) >= 11 is 5.95. The average Bonchev–Trinajstić information content (AvgIpc) is 2.67. The van der Waals surface area contributed by atoms with E-state index in [1.54, 1.807) is 36.4 Å². The Kier molecular flexibility index (Phi) is 5.52. The predicted molar refractivity (Wildman–Crippen MR) is 101 cm³/mol. The molecule has 0 aliphatic rings. The van der Waals surface area contributed by atoms with Gasteiger partial charge in [-0.1, -0.05) is 17.7 Å². The van der Waals surface area contributed by atoms with Gasteiger partial charge in [0.25, 0.3) is 5.91 Å². The van der Waals surface area contributed by atoms with Crippen LogP contribution in [-0.2, 0) is 9.53 Å². The second-order valence-electron chi connectivity index (χ2n) is 5.61. The summed E-state index contributed by atoms with van der Waals surface area (Å²) in [4.78, 5) is 33.2. The van der Waals surface area contributed by atoms with Crippen LogP contribution in [0.3, 0.4) is 0 Å². The van der Waals surface area contributed by atoms with Crippen molar-refractivity contribution in [2.75, 3.05) is 12.4 Å². The lowest BCUT2D eigenvalue weighted by molar-refractivity contribution is -0.123. The summed E-state index contributed by atoms with van der Waals surface area (Å²) < 4.78 is 10.5. The van der Waals surface area contributed by atoms with Gasteiger partial charge < -0.3 is 14.8 Å². The molecule has 138 valence electrons. The molecule has 1 aromatic heterocycles. The van der Waals surface area contributed by atoms with Crippen LogP contribution < -0.4 is 10.1 Å². The number of nitrogens with one attached hydrogen (secondary N) is 1. The standard InChI is InChI=1S/C19H16ClN3O4/c1-11(18(24)23-15-10-12(20)6-7-16(15)26-2)27-19(25)13-4-3-5-14-17(13)22-9-8-21-14/h3-11H,1-2H3,(H,23,24). The van der Waals surface area contributed by atoms with E-state index in [4.69, 9.17) is 21.1 Å². The number of hydrogen-bond donors (Lipinski definition) is 1. The highest BCUT2D eigenvalue weighted by Crippen LogP contribution is 2.28. The van der Waals surface area contributed by atoms with E-state index in [1.807, 2.05) is 0 Å². The number of para-hydroxylation sites is 1. The number of aromatic nitrogens is 2. The van der Waals surface area contributed by atoms with E-state index in [9.17, 15) is 9.59 Å². The van der Waals surface area contributed by atoms with Crippen LogP contribution in [-0.4, -0.2) is 35.1 Å². The lowest BCUT2D eigenvalue weighted by Gasteiger charge is -2.15. The summed E-state index contributed by atoms with van der Waals surface area (Å²) in [6, 6.07) is 9.80. The number of ether oxygens (including phenoxy) is 2. The van der Waals surface area contributed by atoms with Gasteiger partial charge in [-0.2, -0.15) is 0 Å². The van der Waals surface area contributed by atoms with Crippen LogP contribution in [0, 0.1) is 0 Å². The van der Waals surface area contributed by atoms with Gasteiger partial charge in [0.05, 0.1) is 23.9 Å². The topological polar surface area (TPSA) is 90.4 Å². The summed E-state index contributed by atoms with van der Waals surface area (Å²) in [6.45, 7) is 1.47.